The van der Waals surface area contributed by atoms with Crippen LogP contribution in [0.5, 0.6) is 5.75 Å². The van der Waals surface area contributed by atoms with E-state index in [4.69, 9.17) is 22.1 Å². The van der Waals surface area contributed by atoms with Gasteiger partial charge in [-0.3, -0.25) is 4.99 Å². The fourth-order valence-electron chi connectivity index (χ4n) is 5.18. The Morgan fingerprint density at radius 2 is 1.90 bits per heavy atom. The number of nitrogens with one attached hydrogen (secondary N) is 2. The molecule has 4 N–H and O–H groups in total. The van der Waals surface area contributed by atoms with Crippen LogP contribution in [0.4, 0.5) is 17.5 Å². The number of rotatable bonds is 12. The van der Waals surface area contributed by atoms with Crippen molar-refractivity contribution in [3.63, 3.8) is 0 Å². The highest BCUT2D eigenvalue weighted by molar-refractivity contribution is 7.95. The molecule has 2 heterocycles. The number of ether oxygens (including phenoxy) is 1. The SMILES string of the molecule is CN=CC(Nc1nc(Nc2cc(C)c(C3CCN(C(C)C)CC3)cc2OC2CC2)ncc1Cl)=C(N)S(=O)(=O)CC(C)C. The van der Waals surface area contributed by atoms with E-state index in [0.29, 0.717) is 12.0 Å². The molecular formula is C30H44ClN7O3S. The van der Waals surface area contributed by atoms with E-state index in [1.54, 1.807) is 0 Å². The van der Waals surface area contributed by atoms with Gasteiger partial charge in [0.25, 0.3) is 0 Å². The average molecular weight is 618 g/mol. The molecule has 2 aromatic rings. The summed E-state index contributed by atoms with van der Waals surface area (Å²) in [6, 6.07) is 4.84. The van der Waals surface area contributed by atoms with Crippen LogP contribution in [0.1, 0.15) is 70.4 Å². The third-order valence-electron chi connectivity index (χ3n) is 7.54. The van der Waals surface area contributed by atoms with E-state index in [1.807, 2.05) is 13.8 Å². The Balaban J connectivity index is 1.61. The maximum atomic E-state index is 12.8. The van der Waals surface area contributed by atoms with Crippen molar-refractivity contribution in [1.29, 1.82) is 0 Å². The molecule has 2 fully saturated rings. The normalized spacial score (nSPS) is 17.6. The Kier molecular flexibility index (Phi) is 10.4. The lowest BCUT2D eigenvalue weighted by atomic mass is 9.86. The van der Waals surface area contributed by atoms with Gasteiger partial charge in [0.2, 0.25) is 5.95 Å². The molecule has 10 nitrogen and oxygen atoms in total. The molecule has 1 aromatic heterocycles. The van der Waals surface area contributed by atoms with Gasteiger partial charge in [-0.15, -0.1) is 0 Å². The van der Waals surface area contributed by atoms with Crippen LogP contribution in [0.2, 0.25) is 5.02 Å². The molecule has 1 saturated carbocycles. The van der Waals surface area contributed by atoms with E-state index >= 15 is 0 Å². The third kappa shape index (κ3) is 8.14. The minimum absolute atomic E-state index is 0.0890. The average Bonchev–Trinajstić information content (AvgIpc) is 3.74. The van der Waals surface area contributed by atoms with Crippen LogP contribution in [0.15, 0.2) is 34.0 Å². The lowest BCUT2D eigenvalue weighted by molar-refractivity contribution is 0.171. The summed E-state index contributed by atoms with van der Waals surface area (Å²) in [7, 11) is -2.20. The number of likely N-dealkylation sites (tertiary alicyclic amines) is 1. The van der Waals surface area contributed by atoms with Crippen LogP contribution < -0.4 is 21.1 Å². The van der Waals surface area contributed by atoms with Crippen LogP contribution in [-0.2, 0) is 9.84 Å². The Morgan fingerprint density at radius 1 is 1.21 bits per heavy atom. The van der Waals surface area contributed by atoms with Crippen molar-refractivity contribution >= 4 is 45.1 Å². The van der Waals surface area contributed by atoms with Crippen molar-refractivity contribution in [3.05, 3.63) is 45.2 Å². The van der Waals surface area contributed by atoms with Crippen LogP contribution in [0, 0.1) is 12.8 Å². The van der Waals surface area contributed by atoms with Crippen molar-refractivity contribution < 1.29 is 13.2 Å². The highest BCUT2D eigenvalue weighted by Gasteiger charge is 2.28. The molecule has 42 heavy (non-hydrogen) atoms. The Hall–Kier alpha value is -2.89. The molecule has 1 aliphatic heterocycles. The zero-order valence-corrected chi connectivity index (χ0v) is 27.0. The fourth-order valence-corrected chi connectivity index (χ4v) is 6.81. The number of benzene rings is 1. The van der Waals surface area contributed by atoms with Crippen LogP contribution in [0.3, 0.4) is 0 Å². The lowest BCUT2D eigenvalue weighted by Gasteiger charge is -2.35. The second-order valence-electron chi connectivity index (χ2n) is 11.9. The number of aryl methyl sites for hydroxylation is 1. The van der Waals surface area contributed by atoms with Gasteiger partial charge in [0.1, 0.15) is 10.8 Å². The largest absolute Gasteiger partial charge is 0.488 e. The topological polar surface area (TPSA) is 135 Å². The van der Waals surface area contributed by atoms with Crippen LogP contribution in [0.25, 0.3) is 0 Å². The second-order valence-corrected chi connectivity index (χ2v) is 14.3. The maximum absolute atomic E-state index is 12.8. The first-order valence-corrected chi connectivity index (χ1v) is 16.7. The van der Waals surface area contributed by atoms with E-state index in [-0.39, 0.29) is 45.3 Å². The minimum Gasteiger partial charge on any atom is -0.488 e. The number of anilines is 3. The summed E-state index contributed by atoms with van der Waals surface area (Å²) < 4.78 is 32.0. The lowest BCUT2D eigenvalue weighted by Crippen LogP contribution is -2.37. The standard InChI is InChI=1S/C30H44ClN7O3S/c1-18(2)17-42(39,40)28(32)26(16-33-6)35-29-24(31)15-34-30(37-29)36-25-13-20(5)23(14-27(25)41-22-7-8-22)21-9-11-38(12-10-21)19(3)4/h13-16,18-19,21-22H,7-12,17,32H2,1-6H3,(H2,34,35,36,37). The zero-order chi connectivity index (χ0) is 30.6. The molecule has 1 aliphatic carbocycles. The quantitative estimate of drug-likeness (QED) is 0.259. The number of piperidine rings is 1. The van der Waals surface area contributed by atoms with Crippen LogP contribution in [-0.4, -0.2) is 67.5 Å². The maximum Gasteiger partial charge on any atom is 0.229 e. The molecule has 4 rings (SSSR count). The second kappa shape index (κ2) is 13.6. The number of hydrogen-bond donors (Lipinski definition) is 3. The molecule has 0 atom stereocenters. The van der Waals surface area contributed by atoms with E-state index < -0.39 is 9.84 Å². The van der Waals surface area contributed by atoms with Gasteiger partial charge in [0.05, 0.1) is 29.4 Å². The number of aliphatic imine (C=N–C) groups is 1. The summed E-state index contributed by atoms with van der Waals surface area (Å²) in [6.45, 7) is 12.5. The van der Waals surface area contributed by atoms with Gasteiger partial charge < -0.3 is 26.0 Å². The number of allylic oxidation sites excluding steroid dienone is 1. The van der Waals surface area contributed by atoms with Gasteiger partial charge in [-0.2, -0.15) is 4.98 Å². The zero-order valence-electron chi connectivity index (χ0n) is 25.4. The number of nitrogens with zero attached hydrogens (tertiary/aromatic N) is 4. The van der Waals surface area contributed by atoms with Gasteiger partial charge >= 0.3 is 0 Å². The van der Waals surface area contributed by atoms with Crippen molar-refractivity contribution in [2.75, 3.05) is 36.5 Å². The predicted molar refractivity (Wildman–Crippen MR) is 172 cm³/mol. The summed E-state index contributed by atoms with van der Waals surface area (Å²) in [5, 5.41) is 6.13. The Morgan fingerprint density at radius 3 is 2.50 bits per heavy atom. The molecule has 0 radical (unpaired) electrons. The summed E-state index contributed by atoms with van der Waals surface area (Å²) in [5.41, 5.74) is 9.46. The summed E-state index contributed by atoms with van der Waals surface area (Å²) in [6.07, 6.45) is 7.32. The van der Waals surface area contributed by atoms with Gasteiger partial charge in [0, 0.05) is 19.3 Å². The van der Waals surface area contributed by atoms with E-state index in [0.717, 1.165) is 50.2 Å². The first kappa shape index (κ1) is 32.0. The molecule has 0 bridgehead atoms. The fraction of sp³-hybridized carbons (Fsp3) is 0.567. The highest BCUT2D eigenvalue weighted by Crippen LogP contribution is 2.40. The molecule has 12 heteroatoms. The number of nitrogens with two attached hydrogens (primary N) is 1. The van der Waals surface area contributed by atoms with Gasteiger partial charge in [-0.05, 0) is 94.6 Å². The van der Waals surface area contributed by atoms with Crippen molar-refractivity contribution in [3.8, 4) is 5.75 Å². The monoisotopic (exact) mass is 617 g/mol. The Bertz CT molecular complexity index is 1430. The van der Waals surface area contributed by atoms with E-state index in [9.17, 15) is 8.42 Å². The Labute approximate surface area is 255 Å². The molecule has 230 valence electrons. The molecule has 0 spiro atoms. The molecular weight excluding hydrogens is 574 g/mol. The predicted octanol–water partition coefficient (Wildman–Crippen LogP) is 5.62. The first-order chi connectivity index (χ1) is 19.9. The molecule has 2 aliphatic rings. The first-order valence-electron chi connectivity index (χ1n) is 14.6. The molecule has 1 aromatic carbocycles. The number of halogens is 1. The van der Waals surface area contributed by atoms with Crippen LogP contribution >= 0.6 is 11.6 Å². The third-order valence-corrected chi connectivity index (χ3v) is 9.81. The van der Waals surface area contributed by atoms with E-state index in [1.165, 1.54) is 30.6 Å². The highest BCUT2D eigenvalue weighted by atomic mass is 35.5. The summed E-state index contributed by atoms with van der Waals surface area (Å²) >= 11 is 6.42. The van der Waals surface area contributed by atoms with Crippen molar-refractivity contribution in [1.82, 2.24) is 14.9 Å². The summed E-state index contributed by atoms with van der Waals surface area (Å²) in [5.74, 6) is 1.54. The summed E-state index contributed by atoms with van der Waals surface area (Å²) in [4.78, 5) is 15.4. The number of aromatic nitrogens is 2. The smallest absolute Gasteiger partial charge is 0.229 e. The molecule has 1 saturated heterocycles. The van der Waals surface area contributed by atoms with Gasteiger partial charge in [-0.25, -0.2) is 13.4 Å². The minimum atomic E-state index is -3.73. The number of sulfone groups is 1. The molecule has 0 amide bonds. The number of hydrogen-bond acceptors (Lipinski definition) is 10. The van der Waals surface area contributed by atoms with Gasteiger partial charge in [0.15, 0.2) is 20.7 Å². The van der Waals surface area contributed by atoms with E-state index in [2.05, 4.69) is 63.4 Å². The van der Waals surface area contributed by atoms with Crippen molar-refractivity contribution in [2.45, 2.75) is 78.4 Å². The van der Waals surface area contributed by atoms with Gasteiger partial charge in [-0.1, -0.05) is 25.4 Å². The molecule has 0 unspecified atom stereocenters. The van der Waals surface area contributed by atoms with Crippen molar-refractivity contribution in [2.24, 2.45) is 16.6 Å².